The van der Waals surface area contributed by atoms with Gasteiger partial charge in [0.2, 0.25) is 5.91 Å². The Morgan fingerprint density at radius 2 is 1.76 bits per heavy atom. The summed E-state index contributed by atoms with van der Waals surface area (Å²) in [7, 11) is 0. The second-order valence-corrected chi connectivity index (χ2v) is 6.10. The molecule has 2 aromatic carbocycles. The average molecular weight is 387 g/mol. The molecule has 2 aromatic rings. The Kier molecular flexibility index (Phi) is 7.03. The fraction of sp³-hybridized carbons (Fsp3) is 0.125. The Morgan fingerprint density at radius 3 is 2.44 bits per heavy atom. The number of alkyl halides is 2. The first-order valence-electron chi connectivity index (χ1n) is 6.97. The minimum atomic E-state index is -3.06. The fourth-order valence-electron chi connectivity index (χ4n) is 1.76. The van der Waals surface area contributed by atoms with Crippen LogP contribution in [0.4, 0.5) is 8.78 Å². The molecule has 2 N–H and O–H groups in total. The first-order chi connectivity index (χ1) is 12.0. The summed E-state index contributed by atoms with van der Waals surface area (Å²) in [4.78, 5) is 24.6. The predicted molar refractivity (Wildman–Crippen MR) is 90.9 cm³/mol. The standard InChI is InChI=1S/C16H13ClF2N2O3S/c17-10-5-7-11(8-6-10)25-9-14(22)20-21-15(23)12-3-1-2-4-13(12)24-16(18)19/h1-8,16H,9H2,(H,20,22)(H,21,23). The van der Waals surface area contributed by atoms with Crippen molar-refractivity contribution in [3.8, 4) is 5.75 Å². The summed E-state index contributed by atoms with van der Waals surface area (Å²) in [5.41, 5.74) is 4.26. The molecule has 0 unspecified atom stereocenters. The Hall–Kier alpha value is -2.32. The maximum absolute atomic E-state index is 12.3. The third-order valence-electron chi connectivity index (χ3n) is 2.85. The monoisotopic (exact) mass is 386 g/mol. The van der Waals surface area contributed by atoms with Gasteiger partial charge in [-0.25, -0.2) is 0 Å². The van der Waals surface area contributed by atoms with Crippen molar-refractivity contribution in [3.05, 3.63) is 59.1 Å². The topological polar surface area (TPSA) is 67.4 Å². The van der Waals surface area contributed by atoms with Gasteiger partial charge >= 0.3 is 6.61 Å². The van der Waals surface area contributed by atoms with Crippen molar-refractivity contribution in [1.82, 2.24) is 10.9 Å². The maximum Gasteiger partial charge on any atom is 0.387 e. The minimum absolute atomic E-state index is 0.0527. The summed E-state index contributed by atoms with van der Waals surface area (Å²) < 4.78 is 28.9. The van der Waals surface area contributed by atoms with E-state index in [0.29, 0.717) is 5.02 Å². The molecule has 2 amide bonds. The SMILES string of the molecule is O=C(CSc1ccc(Cl)cc1)NNC(=O)c1ccccc1OC(F)F. The minimum Gasteiger partial charge on any atom is -0.434 e. The maximum atomic E-state index is 12.3. The zero-order valence-electron chi connectivity index (χ0n) is 12.7. The summed E-state index contributed by atoms with van der Waals surface area (Å²) in [6.07, 6.45) is 0. The van der Waals surface area contributed by atoms with Gasteiger partial charge in [0.25, 0.3) is 5.91 Å². The molecule has 2 rings (SSSR count). The number of hydrogen-bond acceptors (Lipinski definition) is 4. The molecule has 0 radical (unpaired) electrons. The van der Waals surface area contributed by atoms with Gasteiger partial charge in [-0.05, 0) is 36.4 Å². The molecule has 0 aliphatic heterocycles. The van der Waals surface area contributed by atoms with Crippen LogP contribution in [0, 0.1) is 0 Å². The normalized spacial score (nSPS) is 10.4. The van der Waals surface area contributed by atoms with Crippen LogP contribution in [-0.4, -0.2) is 24.2 Å². The van der Waals surface area contributed by atoms with Crippen molar-refractivity contribution < 1.29 is 23.1 Å². The van der Waals surface area contributed by atoms with E-state index in [1.807, 2.05) is 0 Å². The van der Waals surface area contributed by atoms with E-state index in [1.54, 1.807) is 24.3 Å². The molecule has 0 spiro atoms. The van der Waals surface area contributed by atoms with Crippen LogP contribution in [0.15, 0.2) is 53.4 Å². The van der Waals surface area contributed by atoms with Gasteiger partial charge < -0.3 is 4.74 Å². The third kappa shape index (κ3) is 6.24. The van der Waals surface area contributed by atoms with Crippen molar-refractivity contribution in [3.63, 3.8) is 0 Å². The molecular weight excluding hydrogens is 374 g/mol. The first kappa shape index (κ1) is 19.0. The number of para-hydroxylation sites is 1. The largest absolute Gasteiger partial charge is 0.434 e. The molecule has 9 heteroatoms. The second-order valence-electron chi connectivity index (χ2n) is 4.62. The number of carbonyl (C=O) groups excluding carboxylic acids is 2. The van der Waals surface area contributed by atoms with Crippen LogP contribution in [0.1, 0.15) is 10.4 Å². The van der Waals surface area contributed by atoms with Crippen molar-refractivity contribution >= 4 is 35.2 Å². The van der Waals surface area contributed by atoms with Gasteiger partial charge in [0.1, 0.15) is 5.75 Å². The molecule has 0 saturated carbocycles. The van der Waals surface area contributed by atoms with E-state index in [-0.39, 0.29) is 17.1 Å². The number of nitrogens with one attached hydrogen (secondary N) is 2. The highest BCUT2D eigenvalue weighted by atomic mass is 35.5. The van der Waals surface area contributed by atoms with E-state index in [4.69, 9.17) is 11.6 Å². The smallest absolute Gasteiger partial charge is 0.387 e. The van der Waals surface area contributed by atoms with Gasteiger partial charge in [0, 0.05) is 9.92 Å². The van der Waals surface area contributed by atoms with E-state index in [9.17, 15) is 18.4 Å². The fourth-order valence-corrected chi connectivity index (χ4v) is 2.59. The van der Waals surface area contributed by atoms with Crippen LogP contribution < -0.4 is 15.6 Å². The highest BCUT2D eigenvalue weighted by molar-refractivity contribution is 8.00. The van der Waals surface area contributed by atoms with Crippen molar-refractivity contribution in [2.24, 2.45) is 0 Å². The van der Waals surface area contributed by atoms with E-state index >= 15 is 0 Å². The van der Waals surface area contributed by atoms with E-state index in [1.165, 1.54) is 36.0 Å². The van der Waals surface area contributed by atoms with Gasteiger partial charge in [0.05, 0.1) is 11.3 Å². The summed E-state index contributed by atoms with van der Waals surface area (Å²) in [6.45, 7) is -3.06. The zero-order valence-corrected chi connectivity index (χ0v) is 14.2. The van der Waals surface area contributed by atoms with Crippen LogP contribution in [0.25, 0.3) is 0 Å². The third-order valence-corrected chi connectivity index (χ3v) is 4.11. The van der Waals surface area contributed by atoms with Crippen molar-refractivity contribution in [2.45, 2.75) is 11.5 Å². The Morgan fingerprint density at radius 1 is 1.08 bits per heavy atom. The molecule has 0 fully saturated rings. The van der Waals surface area contributed by atoms with Gasteiger partial charge in [-0.1, -0.05) is 23.7 Å². The molecular formula is C16H13ClF2N2O3S. The molecule has 0 aromatic heterocycles. The second kappa shape index (κ2) is 9.24. The van der Waals surface area contributed by atoms with Crippen LogP contribution in [0.3, 0.4) is 0 Å². The summed E-state index contributed by atoms with van der Waals surface area (Å²) in [5, 5.41) is 0.589. The lowest BCUT2D eigenvalue weighted by molar-refractivity contribution is -0.119. The molecule has 0 aliphatic rings. The lowest BCUT2D eigenvalue weighted by Gasteiger charge is -2.11. The number of ether oxygens (including phenoxy) is 1. The van der Waals surface area contributed by atoms with Gasteiger partial charge in [0.15, 0.2) is 0 Å². The van der Waals surface area contributed by atoms with Crippen LogP contribution in [0.2, 0.25) is 5.02 Å². The van der Waals surface area contributed by atoms with Gasteiger partial charge in [-0.3, -0.25) is 20.4 Å². The molecule has 0 saturated heterocycles. The Balaban J connectivity index is 1.85. The number of benzene rings is 2. The number of hydrogen-bond donors (Lipinski definition) is 2. The van der Waals surface area contributed by atoms with E-state index in [0.717, 1.165) is 4.90 Å². The highest BCUT2D eigenvalue weighted by Crippen LogP contribution is 2.21. The predicted octanol–water partition coefficient (Wildman–Crippen LogP) is 3.49. The Bertz CT molecular complexity index is 744. The molecule has 0 atom stereocenters. The van der Waals surface area contributed by atoms with Crippen LogP contribution in [0.5, 0.6) is 5.75 Å². The lowest BCUT2D eigenvalue weighted by atomic mass is 10.2. The molecule has 0 heterocycles. The molecule has 132 valence electrons. The quantitative estimate of drug-likeness (QED) is 0.589. The molecule has 25 heavy (non-hydrogen) atoms. The number of hydrazine groups is 1. The molecule has 0 aliphatic carbocycles. The number of rotatable bonds is 6. The van der Waals surface area contributed by atoms with E-state index < -0.39 is 18.4 Å². The van der Waals surface area contributed by atoms with Crippen LogP contribution >= 0.6 is 23.4 Å². The molecule has 0 bridgehead atoms. The zero-order chi connectivity index (χ0) is 18.2. The van der Waals surface area contributed by atoms with Crippen molar-refractivity contribution in [1.29, 1.82) is 0 Å². The number of halogens is 3. The van der Waals surface area contributed by atoms with Crippen LogP contribution in [-0.2, 0) is 4.79 Å². The number of thioether (sulfide) groups is 1. The first-order valence-corrected chi connectivity index (χ1v) is 8.33. The van der Waals surface area contributed by atoms with Crippen molar-refractivity contribution in [2.75, 3.05) is 5.75 Å². The Labute approximate surface area is 151 Å². The van der Waals surface area contributed by atoms with E-state index in [2.05, 4.69) is 15.6 Å². The average Bonchev–Trinajstić information content (AvgIpc) is 2.59. The van der Waals surface area contributed by atoms with Gasteiger partial charge in [-0.2, -0.15) is 8.78 Å². The summed E-state index contributed by atoms with van der Waals surface area (Å²) >= 11 is 7.02. The number of carbonyl (C=O) groups is 2. The summed E-state index contributed by atoms with van der Waals surface area (Å²) in [5.74, 6) is -1.45. The lowest BCUT2D eigenvalue weighted by Crippen LogP contribution is -2.42. The highest BCUT2D eigenvalue weighted by Gasteiger charge is 2.15. The summed E-state index contributed by atoms with van der Waals surface area (Å²) in [6, 6.07) is 12.4. The number of amides is 2. The molecule has 5 nitrogen and oxygen atoms in total. The van der Waals surface area contributed by atoms with Gasteiger partial charge in [-0.15, -0.1) is 11.8 Å².